The topological polar surface area (TPSA) is 35.3 Å². The van der Waals surface area contributed by atoms with E-state index in [-0.39, 0.29) is 0 Å². The zero-order chi connectivity index (χ0) is 8.27. The van der Waals surface area contributed by atoms with Gasteiger partial charge in [-0.25, -0.2) is 4.98 Å². The molecule has 0 aliphatic carbocycles. The normalized spacial score (nSPS) is 10.1. The van der Waals surface area contributed by atoms with E-state index >= 15 is 0 Å². The number of rotatable bonds is 3. The third kappa shape index (κ3) is 2.08. The van der Waals surface area contributed by atoms with E-state index in [0.717, 1.165) is 16.0 Å². The van der Waals surface area contributed by atoms with Crippen LogP contribution < -0.4 is 4.74 Å². The molecule has 0 N–H and O–H groups in total. The first-order valence-electron chi connectivity index (χ1n) is 3.56. The summed E-state index contributed by atoms with van der Waals surface area (Å²) in [5.74, 6) is 1.28. The first kappa shape index (κ1) is 8.83. The fourth-order valence-electron chi connectivity index (χ4n) is 0.698. The molecule has 1 aromatic heterocycles. The Morgan fingerprint density at radius 3 is 2.73 bits per heavy atom. The largest absolute Gasteiger partial charge is 0.464 e. The minimum atomic E-state index is 0.546. The van der Waals surface area contributed by atoms with E-state index in [9.17, 15) is 0 Å². The molecule has 0 aliphatic rings. The van der Waals surface area contributed by atoms with Crippen LogP contribution in [0.3, 0.4) is 0 Å². The lowest BCUT2D eigenvalue weighted by Crippen LogP contribution is -1.90. The van der Waals surface area contributed by atoms with E-state index in [1.54, 1.807) is 0 Å². The molecule has 0 saturated heterocycles. The lowest BCUT2D eigenvalue weighted by Gasteiger charge is -1.94. The van der Waals surface area contributed by atoms with Gasteiger partial charge in [0, 0.05) is 6.42 Å². The van der Waals surface area contributed by atoms with Crippen LogP contribution >= 0.6 is 22.6 Å². The molecule has 0 radical (unpaired) electrons. The van der Waals surface area contributed by atoms with Crippen molar-refractivity contribution in [3.8, 4) is 5.95 Å². The SMILES string of the molecule is CCOc1oc(CC)nc1I. The summed E-state index contributed by atoms with van der Waals surface area (Å²) in [6, 6.07) is 0. The number of aryl methyl sites for hydroxylation is 1. The second-order valence-electron chi connectivity index (χ2n) is 1.97. The van der Waals surface area contributed by atoms with Crippen molar-refractivity contribution in [1.29, 1.82) is 0 Å². The quantitative estimate of drug-likeness (QED) is 0.788. The van der Waals surface area contributed by atoms with E-state index < -0.39 is 0 Å². The molecule has 0 aliphatic heterocycles. The van der Waals surface area contributed by atoms with E-state index in [0.29, 0.717) is 12.6 Å². The van der Waals surface area contributed by atoms with Crippen LogP contribution in [0, 0.1) is 3.70 Å². The van der Waals surface area contributed by atoms with Crippen LogP contribution in [0.25, 0.3) is 0 Å². The number of halogens is 1. The second-order valence-corrected chi connectivity index (χ2v) is 2.99. The molecule has 0 bridgehead atoms. The molecular formula is C7H10INO2. The maximum Gasteiger partial charge on any atom is 0.319 e. The number of hydrogen-bond acceptors (Lipinski definition) is 3. The monoisotopic (exact) mass is 267 g/mol. The Morgan fingerprint density at radius 1 is 1.55 bits per heavy atom. The van der Waals surface area contributed by atoms with Gasteiger partial charge < -0.3 is 9.15 Å². The average molecular weight is 267 g/mol. The fourth-order valence-corrected chi connectivity index (χ4v) is 1.23. The molecule has 0 aromatic carbocycles. The van der Waals surface area contributed by atoms with Crippen molar-refractivity contribution in [3.05, 3.63) is 9.59 Å². The third-order valence-electron chi connectivity index (χ3n) is 1.18. The van der Waals surface area contributed by atoms with Gasteiger partial charge in [0.05, 0.1) is 6.61 Å². The molecule has 4 heteroatoms. The predicted molar refractivity (Wildman–Crippen MR) is 49.8 cm³/mol. The van der Waals surface area contributed by atoms with Gasteiger partial charge in [-0.1, -0.05) is 6.92 Å². The number of nitrogens with zero attached hydrogens (tertiary/aromatic N) is 1. The molecule has 1 rings (SSSR count). The fraction of sp³-hybridized carbons (Fsp3) is 0.571. The summed E-state index contributed by atoms with van der Waals surface area (Å²) in [6.45, 7) is 4.54. The van der Waals surface area contributed by atoms with Crippen LogP contribution in [0.1, 0.15) is 19.7 Å². The average Bonchev–Trinajstić information content (AvgIpc) is 2.33. The highest BCUT2D eigenvalue weighted by molar-refractivity contribution is 14.1. The predicted octanol–water partition coefficient (Wildman–Crippen LogP) is 2.24. The Bertz CT molecular complexity index is 234. The smallest absolute Gasteiger partial charge is 0.319 e. The first-order chi connectivity index (χ1) is 5.27. The Morgan fingerprint density at radius 2 is 2.27 bits per heavy atom. The number of hydrogen-bond donors (Lipinski definition) is 0. The molecular weight excluding hydrogens is 257 g/mol. The van der Waals surface area contributed by atoms with Crippen LogP contribution in [-0.4, -0.2) is 11.6 Å². The van der Waals surface area contributed by atoms with Crippen molar-refractivity contribution in [2.75, 3.05) is 6.61 Å². The zero-order valence-electron chi connectivity index (χ0n) is 6.56. The van der Waals surface area contributed by atoms with Gasteiger partial charge in [0.1, 0.15) is 0 Å². The minimum absolute atomic E-state index is 0.546. The van der Waals surface area contributed by atoms with Gasteiger partial charge in [0.2, 0.25) is 0 Å². The summed E-state index contributed by atoms with van der Waals surface area (Å²) in [4.78, 5) is 4.14. The van der Waals surface area contributed by atoms with Gasteiger partial charge in [0.25, 0.3) is 0 Å². The lowest BCUT2D eigenvalue weighted by molar-refractivity contribution is 0.248. The summed E-state index contributed by atoms with van der Waals surface area (Å²) in [5.41, 5.74) is 0. The molecule has 0 amide bonds. The maximum atomic E-state index is 5.26. The highest BCUT2D eigenvalue weighted by Crippen LogP contribution is 2.21. The van der Waals surface area contributed by atoms with Gasteiger partial charge >= 0.3 is 5.95 Å². The zero-order valence-corrected chi connectivity index (χ0v) is 8.71. The van der Waals surface area contributed by atoms with Crippen molar-refractivity contribution in [3.63, 3.8) is 0 Å². The standard InChI is InChI=1S/C7H10INO2/c1-3-5-9-6(8)7(11-5)10-4-2/h3-4H2,1-2H3. The van der Waals surface area contributed by atoms with Crippen LogP contribution in [0.5, 0.6) is 5.95 Å². The van der Waals surface area contributed by atoms with Crippen molar-refractivity contribution in [2.45, 2.75) is 20.3 Å². The summed E-state index contributed by atoms with van der Waals surface area (Å²) < 4.78 is 11.3. The summed E-state index contributed by atoms with van der Waals surface area (Å²) >= 11 is 2.10. The van der Waals surface area contributed by atoms with Crippen LogP contribution in [0.2, 0.25) is 0 Å². The Kier molecular flexibility index (Phi) is 3.16. The van der Waals surface area contributed by atoms with Crippen molar-refractivity contribution < 1.29 is 9.15 Å². The van der Waals surface area contributed by atoms with Crippen LogP contribution in [0.15, 0.2) is 4.42 Å². The highest BCUT2D eigenvalue weighted by Gasteiger charge is 2.09. The Labute approximate surface area is 79.3 Å². The van der Waals surface area contributed by atoms with Crippen molar-refractivity contribution in [2.24, 2.45) is 0 Å². The van der Waals surface area contributed by atoms with Gasteiger partial charge in [-0.3, -0.25) is 0 Å². The van der Waals surface area contributed by atoms with Gasteiger partial charge in [-0.15, -0.1) is 0 Å². The van der Waals surface area contributed by atoms with Gasteiger partial charge in [-0.05, 0) is 29.5 Å². The molecule has 0 saturated carbocycles. The summed E-state index contributed by atoms with van der Waals surface area (Å²) in [7, 11) is 0. The van der Waals surface area contributed by atoms with Crippen molar-refractivity contribution >= 4 is 22.6 Å². The minimum Gasteiger partial charge on any atom is -0.464 e. The molecule has 11 heavy (non-hydrogen) atoms. The molecule has 0 spiro atoms. The lowest BCUT2D eigenvalue weighted by atomic mass is 10.5. The third-order valence-corrected chi connectivity index (χ3v) is 1.86. The number of ether oxygens (including phenoxy) is 1. The molecule has 3 nitrogen and oxygen atoms in total. The summed E-state index contributed by atoms with van der Waals surface area (Å²) in [6.07, 6.45) is 0.809. The molecule has 0 unspecified atom stereocenters. The van der Waals surface area contributed by atoms with Gasteiger partial charge in [0.15, 0.2) is 9.59 Å². The molecule has 62 valence electrons. The summed E-state index contributed by atoms with van der Waals surface area (Å²) in [5, 5.41) is 0. The van der Waals surface area contributed by atoms with E-state index in [4.69, 9.17) is 9.15 Å². The maximum absolute atomic E-state index is 5.26. The highest BCUT2D eigenvalue weighted by atomic mass is 127. The van der Waals surface area contributed by atoms with Crippen molar-refractivity contribution in [1.82, 2.24) is 4.98 Å². The molecule has 0 fully saturated rings. The molecule has 0 atom stereocenters. The number of aromatic nitrogens is 1. The van der Waals surface area contributed by atoms with Crippen LogP contribution in [-0.2, 0) is 6.42 Å². The van der Waals surface area contributed by atoms with Gasteiger partial charge in [-0.2, -0.15) is 0 Å². The second kappa shape index (κ2) is 3.94. The van der Waals surface area contributed by atoms with E-state index in [1.807, 2.05) is 13.8 Å². The Balaban J connectivity index is 2.79. The van der Waals surface area contributed by atoms with Crippen LogP contribution in [0.4, 0.5) is 0 Å². The molecule has 1 heterocycles. The first-order valence-corrected chi connectivity index (χ1v) is 4.63. The molecule has 1 aromatic rings. The van der Waals surface area contributed by atoms with E-state index in [2.05, 4.69) is 27.6 Å². The Hall–Kier alpha value is -0.260. The number of oxazole rings is 1. The van der Waals surface area contributed by atoms with E-state index in [1.165, 1.54) is 0 Å².